The van der Waals surface area contributed by atoms with Crippen molar-refractivity contribution in [2.24, 2.45) is 0 Å². The fraction of sp³-hybridized carbons (Fsp3) is 0.944. The molecule has 0 rings (SSSR count). The minimum atomic E-state index is -0.0960. The molecule has 0 fully saturated rings. The molecular formula is C18H36O3. The predicted molar refractivity (Wildman–Crippen MR) is 88.5 cm³/mol. The number of rotatable bonds is 15. The standard InChI is InChI=1S/C18H36O3/c1-4-5-6-7-8-9-11-14-17(20-2)15-12-10-13-16-18(19)21-3/h17H,4-16H2,1-3H3. The van der Waals surface area contributed by atoms with E-state index in [0.29, 0.717) is 12.5 Å². The van der Waals surface area contributed by atoms with Gasteiger partial charge in [0, 0.05) is 13.5 Å². The second-order valence-corrected chi connectivity index (χ2v) is 5.94. The van der Waals surface area contributed by atoms with Crippen LogP contribution in [0.2, 0.25) is 0 Å². The first kappa shape index (κ1) is 20.4. The van der Waals surface area contributed by atoms with Crippen LogP contribution in [0.15, 0.2) is 0 Å². The zero-order valence-electron chi connectivity index (χ0n) is 14.5. The first-order valence-corrected chi connectivity index (χ1v) is 8.84. The van der Waals surface area contributed by atoms with Gasteiger partial charge in [0.25, 0.3) is 0 Å². The summed E-state index contributed by atoms with van der Waals surface area (Å²) in [5, 5.41) is 0. The van der Waals surface area contributed by atoms with E-state index >= 15 is 0 Å². The second kappa shape index (κ2) is 15.8. The van der Waals surface area contributed by atoms with E-state index in [2.05, 4.69) is 11.7 Å². The SMILES string of the molecule is CCCCCCCCCC(CCCCCC(=O)OC)OC. The van der Waals surface area contributed by atoms with Gasteiger partial charge in [-0.15, -0.1) is 0 Å². The van der Waals surface area contributed by atoms with Crippen LogP contribution < -0.4 is 0 Å². The number of methoxy groups -OCH3 is 2. The number of esters is 1. The monoisotopic (exact) mass is 300 g/mol. The van der Waals surface area contributed by atoms with Crippen molar-refractivity contribution in [2.45, 2.75) is 96.5 Å². The van der Waals surface area contributed by atoms with Crippen LogP contribution in [0.1, 0.15) is 90.4 Å². The van der Waals surface area contributed by atoms with Gasteiger partial charge in [0.15, 0.2) is 0 Å². The molecule has 0 spiro atoms. The highest BCUT2D eigenvalue weighted by molar-refractivity contribution is 5.68. The predicted octanol–water partition coefficient (Wildman–Crippen LogP) is 5.27. The molecule has 0 aromatic heterocycles. The quantitative estimate of drug-likeness (QED) is 0.305. The smallest absolute Gasteiger partial charge is 0.305 e. The summed E-state index contributed by atoms with van der Waals surface area (Å²) < 4.78 is 10.2. The molecule has 0 radical (unpaired) electrons. The zero-order valence-corrected chi connectivity index (χ0v) is 14.5. The molecule has 0 amide bonds. The molecule has 0 heterocycles. The topological polar surface area (TPSA) is 35.5 Å². The number of hydrogen-bond donors (Lipinski definition) is 0. The van der Waals surface area contributed by atoms with E-state index in [1.54, 1.807) is 0 Å². The lowest BCUT2D eigenvalue weighted by Gasteiger charge is -2.15. The maximum absolute atomic E-state index is 11.0. The van der Waals surface area contributed by atoms with Gasteiger partial charge in [0.05, 0.1) is 13.2 Å². The Labute approximate surface area is 131 Å². The third kappa shape index (κ3) is 14.1. The lowest BCUT2D eigenvalue weighted by molar-refractivity contribution is -0.140. The van der Waals surface area contributed by atoms with Gasteiger partial charge in [-0.25, -0.2) is 0 Å². The highest BCUT2D eigenvalue weighted by Crippen LogP contribution is 2.15. The van der Waals surface area contributed by atoms with Gasteiger partial charge >= 0.3 is 5.97 Å². The molecule has 0 N–H and O–H groups in total. The van der Waals surface area contributed by atoms with E-state index in [1.165, 1.54) is 58.5 Å². The van der Waals surface area contributed by atoms with Crippen LogP contribution in [0.25, 0.3) is 0 Å². The maximum atomic E-state index is 11.0. The van der Waals surface area contributed by atoms with Crippen LogP contribution in [0.3, 0.4) is 0 Å². The molecule has 0 saturated carbocycles. The molecule has 0 bridgehead atoms. The third-order valence-electron chi connectivity index (χ3n) is 4.10. The molecule has 1 unspecified atom stereocenters. The molecule has 0 aromatic carbocycles. The zero-order chi connectivity index (χ0) is 15.8. The number of carbonyl (C=O) groups excluding carboxylic acids is 1. The number of carbonyl (C=O) groups is 1. The van der Waals surface area contributed by atoms with Gasteiger partial charge in [0.2, 0.25) is 0 Å². The average molecular weight is 300 g/mol. The molecular weight excluding hydrogens is 264 g/mol. The van der Waals surface area contributed by atoms with Crippen molar-refractivity contribution in [2.75, 3.05) is 14.2 Å². The summed E-state index contributed by atoms with van der Waals surface area (Å²) in [7, 11) is 3.27. The van der Waals surface area contributed by atoms with E-state index in [1.807, 2.05) is 7.11 Å². The summed E-state index contributed by atoms with van der Waals surface area (Å²) in [4.78, 5) is 11.0. The van der Waals surface area contributed by atoms with E-state index in [-0.39, 0.29) is 5.97 Å². The highest BCUT2D eigenvalue weighted by atomic mass is 16.5. The minimum absolute atomic E-state index is 0.0960. The summed E-state index contributed by atoms with van der Waals surface area (Å²) in [5.41, 5.74) is 0. The maximum Gasteiger partial charge on any atom is 0.305 e. The van der Waals surface area contributed by atoms with Crippen molar-refractivity contribution in [1.82, 2.24) is 0 Å². The van der Waals surface area contributed by atoms with Crippen molar-refractivity contribution in [3.8, 4) is 0 Å². The molecule has 3 heteroatoms. The Hall–Kier alpha value is -0.570. The molecule has 0 aliphatic heterocycles. The third-order valence-corrected chi connectivity index (χ3v) is 4.10. The van der Waals surface area contributed by atoms with E-state index in [4.69, 9.17) is 4.74 Å². The van der Waals surface area contributed by atoms with E-state index < -0.39 is 0 Å². The van der Waals surface area contributed by atoms with Crippen molar-refractivity contribution in [3.63, 3.8) is 0 Å². The van der Waals surface area contributed by atoms with Crippen molar-refractivity contribution in [3.05, 3.63) is 0 Å². The average Bonchev–Trinajstić information content (AvgIpc) is 2.51. The van der Waals surface area contributed by atoms with Crippen LogP contribution in [0.4, 0.5) is 0 Å². The molecule has 0 saturated heterocycles. The molecule has 21 heavy (non-hydrogen) atoms. The Morgan fingerprint density at radius 3 is 1.86 bits per heavy atom. The van der Waals surface area contributed by atoms with Gasteiger partial charge in [-0.3, -0.25) is 4.79 Å². The lowest BCUT2D eigenvalue weighted by Crippen LogP contribution is -2.10. The fourth-order valence-electron chi connectivity index (χ4n) is 2.63. The Balaban J connectivity index is 3.39. The van der Waals surface area contributed by atoms with Gasteiger partial charge in [-0.2, -0.15) is 0 Å². The summed E-state index contributed by atoms with van der Waals surface area (Å²) in [6.07, 6.45) is 15.9. The molecule has 1 atom stereocenters. The lowest BCUT2D eigenvalue weighted by atomic mass is 10.0. The van der Waals surface area contributed by atoms with Gasteiger partial charge in [-0.1, -0.05) is 64.7 Å². The van der Waals surface area contributed by atoms with Crippen molar-refractivity contribution in [1.29, 1.82) is 0 Å². The second-order valence-electron chi connectivity index (χ2n) is 5.94. The van der Waals surface area contributed by atoms with Gasteiger partial charge in [0.1, 0.15) is 0 Å². The van der Waals surface area contributed by atoms with Crippen LogP contribution in [-0.4, -0.2) is 26.3 Å². The molecule has 126 valence electrons. The molecule has 0 aliphatic carbocycles. The molecule has 0 aliphatic rings. The largest absolute Gasteiger partial charge is 0.469 e. The molecule has 0 aromatic rings. The van der Waals surface area contributed by atoms with Crippen molar-refractivity contribution >= 4 is 5.97 Å². The van der Waals surface area contributed by atoms with Gasteiger partial charge < -0.3 is 9.47 Å². The fourth-order valence-corrected chi connectivity index (χ4v) is 2.63. The van der Waals surface area contributed by atoms with Crippen LogP contribution in [0, 0.1) is 0 Å². The Morgan fingerprint density at radius 2 is 1.33 bits per heavy atom. The number of hydrogen-bond acceptors (Lipinski definition) is 3. The van der Waals surface area contributed by atoms with Crippen LogP contribution in [-0.2, 0) is 14.3 Å². The molecule has 3 nitrogen and oxygen atoms in total. The van der Waals surface area contributed by atoms with Crippen LogP contribution in [0.5, 0.6) is 0 Å². The minimum Gasteiger partial charge on any atom is -0.469 e. The number of ether oxygens (including phenoxy) is 2. The first-order valence-electron chi connectivity index (χ1n) is 8.84. The van der Waals surface area contributed by atoms with E-state index in [0.717, 1.165) is 25.7 Å². The summed E-state index contributed by atoms with van der Waals surface area (Å²) in [6.45, 7) is 2.26. The van der Waals surface area contributed by atoms with Crippen LogP contribution >= 0.6 is 0 Å². The Morgan fingerprint density at radius 1 is 0.810 bits per heavy atom. The van der Waals surface area contributed by atoms with Gasteiger partial charge in [-0.05, 0) is 19.3 Å². The Bertz CT molecular complexity index is 229. The Kier molecular flexibility index (Phi) is 15.4. The summed E-state index contributed by atoms with van der Waals surface area (Å²) in [6, 6.07) is 0. The summed E-state index contributed by atoms with van der Waals surface area (Å²) in [5.74, 6) is -0.0960. The van der Waals surface area contributed by atoms with Crippen molar-refractivity contribution < 1.29 is 14.3 Å². The first-order chi connectivity index (χ1) is 10.2. The van der Waals surface area contributed by atoms with E-state index in [9.17, 15) is 4.79 Å². The summed E-state index contributed by atoms with van der Waals surface area (Å²) >= 11 is 0. The normalized spacial score (nSPS) is 12.3. The number of unbranched alkanes of at least 4 members (excludes halogenated alkanes) is 8. The highest BCUT2D eigenvalue weighted by Gasteiger charge is 2.07.